The van der Waals surface area contributed by atoms with Crippen molar-refractivity contribution < 1.29 is 18.3 Å². The third-order valence-electron chi connectivity index (χ3n) is 3.66. The van der Waals surface area contributed by atoms with Crippen molar-refractivity contribution in [1.82, 2.24) is 4.98 Å². The number of sulfonamides is 1. The number of ether oxygens (including phenoxy) is 1. The van der Waals surface area contributed by atoms with E-state index >= 15 is 0 Å². The summed E-state index contributed by atoms with van der Waals surface area (Å²) in [6.45, 7) is 0. The van der Waals surface area contributed by atoms with Crippen LogP contribution in [0.4, 0.5) is 11.4 Å². The van der Waals surface area contributed by atoms with Gasteiger partial charge in [-0.25, -0.2) is 8.42 Å². The van der Waals surface area contributed by atoms with E-state index in [0.29, 0.717) is 22.7 Å². The Morgan fingerprint density at radius 2 is 1.89 bits per heavy atom. The highest BCUT2D eigenvalue weighted by molar-refractivity contribution is 7.92. The molecule has 1 aromatic heterocycles. The number of phenols is 1. The summed E-state index contributed by atoms with van der Waals surface area (Å²) in [4.78, 5) is 8.23. The minimum Gasteiger partial charge on any atom is -0.504 e. The van der Waals surface area contributed by atoms with Gasteiger partial charge in [-0.2, -0.15) is 0 Å². The molecular weight excluding hydrogens is 366 g/mol. The zero-order chi connectivity index (χ0) is 19.3. The summed E-state index contributed by atoms with van der Waals surface area (Å²) in [6.07, 6.45) is 4.47. The first kappa shape index (κ1) is 18.4. The molecule has 2 N–H and O–H groups in total. The number of phenolic OH excluding ortho intramolecular Hbond substituents is 1. The third kappa shape index (κ3) is 4.42. The van der Waals surface area contributed by atoms with E-state index in [9.17, 15) is 13.5 Å². The van der Waals surface area contributed by atoms with E-state index < -0.39 is 10.0 Å². The Morgan fingerprint density at radius 3 is 2.56 bits per heavy atom. The lowest BCUT2D eigenvalue weighted by Crippen LogP contribution is -2.12. The Bertz CT molecular complexity index is 1050. The van der Waals surface area contributed by atoms with E-state index in [1.165, 1.54) is 31.7 Å². The molecule has 0 unspecified atom stereocenters. The van der Waals surface area contributed by atoms with Gasteiger partial charge in [0.15, 0.2) is 11.5 Å². The number of hydrogen-bond donors (Lipinski definition) is 2. The zero-order valence-corrected chi connectivity index (χ0v) is 15.2. The Morgan fingerprint density at radius 1 is 1.11 bits per heavy atom. The van der Waals surface area contributed by atoms with Gasteiger partial charge in [0.2, 0.25) is 0 Å². The van der Waals surface area contributed by atoms with Gasteiger partial charge in [0.1, 0.15) is 0 Å². The second-order valence-electron chi connectivity index (χ2n) is 5.50. The number of nitrogens with zero attached hydrogens (tertiary/aromatic N) is 2. The van der Waals surface area contributed by atoms with Gasteiger partial charge in [-0.05, 0) is 48.5 Å². The van der Waals surface area contributed by atoms with Crippen molar-refractivity contribution in [3.63, 3.8) is 0 Å². The maximum absolute atomic E-state index is 12.4. The molecule has 0 atom stereocenters. The van der Waals surface area contributed by atoms with Crippen LogP contribution < -0.4 is 9.46 Å². The van der Waals surface area contributed by atoms with Crippen LogP contribution in [0.3, 0.4) is 0 Å². The van der Waals surface area contributed by atoms with Gasteiger partial charge in [-0.1, -0.05) is 6.07 Å². The highest BCUT2D eigenvalue weighted by Gasteiger charge is 2.14. The lowest BCUT2D eigenvalue weighted by molar-refractivity contribution is 0.373. The summed E-state index contributed by atoms with van der Waals surface area (Å²) in [5.41, 5.74) is 1.41. The summed E-state index contributed by atoms with van der Waals surface area (Å²) in [5.74, 6) is 0.338. The lowest BCUT2D eigenvalue weighted by atomic mass is 10.2. The van der Waals surface area contributed by atoms with Gasteiger partial charge in [-0.15, -0.1) is 0 Å². The molecule has 3 rings (SSSR count). The molecule has 0 amide bonds. The van der Waals surface area contributed by atoms with Crippen LogP contribution in [0, 0.1) is 0 Å². The average Bonchev–Trinajstić information content (AvgIpc) is 2.68. The van der Waals surface area contributed by atoms with Crippen molar-refractivity contribution in [1.29, 1.82) is 0 Å². The van der Waals surface area contributed by atoms with Crippen molar-refractivity contribution in [3.8, 4) is 11.5 Å². The number of benzene rings is 2. The molecular formula is C19H17N3O4S. The second-order valence-corrected chi connectivity index (χ2v) is 7.18. The fourth-order valence-corrected chi connectivity index (χ4v) is 3.34. The Hall–Kier alpha value is -3.39. The van der Waals surface area contributed by atoms with Gasteiger partial charge in [0.05, 0.1) is 29.6 Å². The Labute approximate surface area is 157 Å². The smallest absolute Gasteiger partial charge is 0.261 e. The van der Waals surface area contributed by atoms with Crippen LogP contribution in [-0.2, 0) is 10.0 Å². The van der Waals surface area contributed by atoms with Crippen molar-refractivity contribution >= 4 is 27.6 Å². The molecule has 0 aliphatic heterocycles. The predicted molar refractivity (Wildman–Crippen MR) is 103 cm³/mol. The molecule has 8 heteroatoms. The van der Waals surface area contributed by atoms with E-state index in [1.807, 2.05) is 0 Å². The van der Waals surface area contributed by atoms with E-state index in [4.69, 9.17) is 4.74 Å². The number of nitrogens with one attached hydrogen (secondary N) is 1. The summed E-state index contributed by atoms with van der Waals surface area (Å²) in [7, 11) is -2.24. The number of aliphatic imine (C=N–C) groups is 1. The summed E-state index contributed by atoms with van der Waals surface area (Å²) >= 11 is 0. The molecule has 0 fully saturated rings. The number of methoxy groups -OCH3 is 1. The van der Waals surface area contributed by atoms with Crippen molar-refractivity contribution in [3.05, 3.63) is 72.6 Å². The minimum absolute atomic E-state index is 0.0105. The van der Waals surface area contributed by atoms with Crippen LogP contribution in [0.5, 0.6) is 11.5 Å². The number of hydrogen-bond acceptors (Lipinski definition) is 6. The van der Waals surface area contributed by atoms with Crippen LogP contribution in [0.2, 0.25) is 0 Å². The molecule has 0 saturated carbocycles. The van der Waals surface area contributed by atoms with Crippen LogP contribution in [0.25, 0.3) is 0 Å². The quantitative estimate of drug-likeness (QED) is 0.636. The maximum Gasteiger partial charge on any atom is 0.261 e. The topological polar surface area (TPSA) is 101 Å². The minimum atomic E-state index is -3.71. The molecule has 0 spiro atoms. The molecule has 1 heterocycles. The monoisotopic (exact) mass is 383 g/mol. The summed E-state index contributed by atoms with van der Waals surface area (Å²) in [5, 5.41) is 10.0. The lowest BCUT2D eigenvalue weighted by Gasteiger charge is -2.07. The summed E-state index contributed by atoms with van der Waals surface area (Å²) in [6, 6.07) is 14.4. The number of pyridine rings is 1. The number of aromatic hydroxyl groups is 1. The van der Waals surface area contributed by atoms with Gasteiger partial charge < -0.3 is 9.84 Å². The fourth-order valence-electron chi connectivity index (χ4n) is 2.30. The maximum atomic E-state index is 12.4. The van der Waals surface area contributed by atoms with Crippen molar-refractivity contribution in [2.75, 3.05) is 11.8 Å². The highest BCUT2D eigenvalue weighted by atomic mass is 32.2. The largest absolute Gasteiger partial charge is 0.504 e. The first-order valence-corrected chi connectivity index (χ1v) is 9.41. The van der Waals surface area contributed by atoms with Crippen LogP contribution in [0.15, 0.2) is 76.9 Å². The first-order chi connectivity index (χ1) is 13.0. The number of para-hydroxylation sites is 1. The van der Waals surface area contributed by atoms with Crippen LogP contribution >= 0.6 is 0 Å². The van der Waals surface area contributed by atoms with Crippen molar-refractivity contribution in [2.24, 2.45) is 4.99 Å². The molecule has 0 saturated heterocycles. The van der Waals surface area contributed by atoms with E-state index in [2.05, 4.69) is 14.7 Å². The van der Waals surface area contributed by atoms with E-state index in [-0.39, 0.29) is 10.6 Å². The van der Waals surface area contributed by atoms with E-state index in [1.54, 1.807) is 48.7 Å². The molecule has 27 heavy (non-hydrogen) atoms. The summed E-state index contributed by atoms with van der Waals surface area (Å²) < 4.78 is 32.3. The molecule has 0 aliphatic rings. The SMILES string of the molecule is COc1cccc(C=Nc2ccc(S(=O)(=O)Nc3cccnc3)cc2)c1O. The van der Waals surface area contributed by atoms with Crippen molar-refractivity contribution in [2.45, 2.75) is 4.90 Å². The standard InChI is InChI=1S/C19H17N3O4S/c1-26-18-6-2-4-14(19(18)23)12-21-15-7-9-17(10-8-15)27(24,25)22-16-5-3-11-20-13-16/h2-13,22-23H,1H3. The zero-order valence-electron chi connectivity index (χ0n) is 14.4. The predicted octanol–water partition coefficient (Wildman–Crippen LogP) is 3.35. The molecule has 3 aromatic rings. The van der Waals surface area contributed by atoms with E-state index in [0.717, 1.165) is 0 Å². The van der Waals surface area contributed by atoms with Gasteiger partial charge in [0, 0.05) is 18.0 Å². The molecule has 0 aliphatic carbocycles. The van der Waals surface area contributed by atoms with Crippen LogP contribution in [-0.4, -0.2) is 31.8 Å². The highest BCUT2D eigenvalue weighted by Crippen LogP contribution is 2.28. The second kappa shape index (κ2) is 7.88. The van der Waals surface area contributed by atoms with Crippen LogP contribution in [0.1, 0.15) is 5.56 Å². The number of anilines is 1. The third-order valence-corrected chi connectivity index (χ3v) is 5.06. The average molecular weight is 383 g/mol. The molecule has 138 valence electrons. The first-order valence-electron chi connectivity index (χ1n) is 7.92. The number of aromatic nitrogens is 1. The molecule has 7 nitrogen and oxygen atoms in total. The molecule has 0 bridgehead atoms. The Balaban J connectivity index is 1.77. The fraction of sp³-hybridized carbons (Fsp3) is 0.0526. The Kier molecular flexibility index (Phi) is 5.37. The van der Waals surface area contributed by atoms with Gasteiger partial charge in [-0.3, -0.25) is 14.7 Å². The van der Waals surface area contributed by atoms with Gasteiger partial charge in [0.25, 0.3) is 10.0 Å². The van der Waals surface area contributed by atoms with Gasteiger partial charge >= 0.3 is 0 Å². The molecule has 2 aromatic carbocycles. The molecule has 0 radical (unpaired) electrons. The normalized spacial score (nSPS) is 11.4. The number of rotatable bonds is 6.